The van der Waals surface area contributed by atoms with Gasteiger partial charge in [-0.1, -0.05) is 32.4 Å². The quantitative estimate of drug-likeness (QED) is 0.615. The fourth-order valence-corrected chi connectivity index (χ4v) is 1.80. The van der Waals surface area contributed by atoms with Crippen molar-refractivity contribution in [1.82, 2.24) is 9.97 Å². The Labute approximate surface area is 121 Å². The van der Waals surface area contributed by atoms with E-state index in [-0.39, 0.29) is 5.41 Å². The van der Waals surface area contributed by atoms with Crippen LogP contribution < -0.4 is 4.90 Å². The zero-order chi connectivity index (χ0) is 14.6. The highest BCUT2D eigenvalue weighted by Crippen LogP contribution is 2.27. The summed E-state index contributed by atoms with van der Waals surface area (Å²) in [5.41, 5.74) is 0.793. The first-order valence-corrected chi connectivity index (χ1v) is 6.98. The van der Waals surface area contributed by atoms with Gasteiger partial charge in [0.15, 0.2) is 0 Å². The second-order valence-corrected chi connectivity index (χ2v) is 6.01. The molecule has 0 radical (unpaired) electrons. The molecule has 0 unspecified atom stereocenters. The van der Waals surface area contributed by atoms with Crippen LogP contribution in [-0.4, -0.2) is 36.8 Å². The lowest BCUT2D eigenvalue weighted by Crippen LogP contribution is -2.27. The number of rotatable bonds is 5. The van der Waals surface area contributed by atoms with E-state index in [0.29, 0.717) is 11.8 Å². The first-order valence-electron chi connectivity index (χ1n) is 6.60. The van der Waals surface area contributed by atoms with Crippen molar-refractivity contribution in [3.63, 3.8) is 0 Å². The summed E-state index contributed by atoms with van der Waals surface area (Å²) in [7, 11) is 2.00. The van der Waals surface area contributed by atoms with Gasteiger partial charge in [0, 0.05) is 31.2 Å². The molecular weight excluding hydrogens is 262 g/mol. The van der Waals surface area contributed by atoms with Crippen LogP contribution in [0.2, 0.25) is 5.15 Å². The normalized spacial score (nSPS) is 11.7. The zero-order valence-corrected chi connectivity index (χ0v) is 13.5. The standard InChI is InChI=1S/C14H24ClN3O/c1-7-19-9-8-18(6)12-10(2)11(15)16-13(17-12)14(3,4)5/h7-9H2,1-6H3. The summed E-state index contributed by atoms with van der Waals surface area (Å²) in [6.45, 7) is 12.4. The van der Waals surface area contributed by atoms with Gasteiger partial charge in [-0.15, -0.1) is 0 Å². The summed E-state index contributed by atoms with van der Waals surface area (Å²) in [6, 6.07) is 0. The summed E-state index contributed by atoms with van der Waals surface area (Å²) < 4.78 is 5.38. The number of halogens is 1. The Bertz CT molecular complexity index is 429. The Balaban J connectivity index is 3.02. The molecule has 0 saturated carbocycles. The van der Waals surface area contributed by atoms with Crippen LogP contribution in [0.25, 0.3) is 0 Å². The zero-order valence-electron chi connectivity index (χ0n) is 12.7. The summed E-state index contributed by atoms with van der Waals surface area (Å²) in [4.78, 5) is 11.1. The van der Waals surface area contributed by atoms with E-state index < -0.39 is 0 Å². The third-order valence-electron chi connectivity index (χ3n) is 2.87. The molecule has 0 N–H and O–H groups in total. The van der Waals surface area contributed by atoms with Crippen molar-refractivity contribution in [3.05, 3.63) is 16.5 Å². The van der Waals surface area contributed by atoms with Crippen LogP contribution in [0.4, 0.5) is 5.82 Å². The molecule has 0 aliphatic rings. The van der Waals surface area contributed by atoms with E-state index in [0.717, 1.165) is 30.4 Å². The summed E-state index contributed by atoms with van der Waals surface area (Å²) >= 11 is 6.22. The third-order valence-corrected chi connectivity index (χ3v) is 3.24. The molecule has 19 heavy (non-hydrogen) atoms. The molecule has 1 aromatic rings. The maximum atomic E-state index is 6.22. The molecule has 4 nitrogen and oxygen atoms in total. The number of likely N-dealkylation sites (N-methyl/N-ethyl adjacent to an activating group) is 1. The Morgan fingerprint density at radius 1 is 1.26 bits per heavy atom. The van der Waals surface area contributed by atoms with Gasteiger partial charge in [0.1, 0.15) is 16.8 Å². The van der Waals surface area contributed by atoms with Crippen molar-refractivity contribution < 1.29 is 4.74 Å². The van der Waals surface area contributed by atoms with E-state index in [2.05, 4.69) is 35.6 Å². The highest BCUT2D eigenvalue weighted by Gasteiger charge is 2.21. The Hall–Kier alpha value is -0.870. The molecule has 1 aromatic heterocycles. The maximum Gasteiger partial charge on any atom is 0.137 e. The first kappa shape index (κ1) is 16.2. The monoisotopic (exact) mass is 285 g/mol. The molecule has 0 aromatic carbocycles. The number of hydrogen-bond acceptors (Lipinski definition) is 4. The molecule has 0 spiro atoms. The topological polar surface area (TPSA) is 38.2 Å². The lowest BCUT2D eigenvalue weighted by Gasteiger charge is -2.24. The first-order chi connectivity index (χ1) is 8.77. The van der Waals surface area contributed by atoms with E-state index >= 15 is 0 Å². The van der Waals surface area contributed by atoms with Crippen LogP contribution in [0, 0.1) is 6.92 Å². The minimum absolute atomic E-state index is 0.118. The van der Waals surface area contributed by atoms with Gasteiger partial charge in [0.2, 0.25) is 0 Å². The number of ether oxygens (including phenoxy) is 1. The second-order valence-electron chi connectivity index (χ2n) is 5.66. The second kappa shape index (κ2) is 6.53. The van der Waals surface area contributed by atoms with Gasteiger partial charge in [0.05, 0.1) is 6.61 Å². The predicted octanol–water partition coefficient (Wildman–Crippen LogP) is 3.21. The molecule has 0 amide bonds. The van der Waals surface area contributed by atoms with Crippen LogP contribution in [0.1, 0.15) is 39.1 Å². The van der Waals surface area contributed by atoms with Crippen LogP contribution in [0.3, 0.4) is 0 Å². The predicted molar refractivity (Wildman–Crippen MR) is 80.2 cm³/mol. The van der Waals surface area contributed by atoms with Crippen LogP contribution in [0.15, 0.2) is 0 Å². The Kier molecular flexibility index (Phi) is 5.56. The van der Waals surface area contributed by atoms with Crippen molar-refractivity contribution in [2.24, 2.45) is 0 Å². The fraction of sp³-hybridized carbons (Fsp3) is 0.714. The molecule has 0 atom stereocenters. The van der Waals surface area contributed by atoms with E-state index in [4.69, 9.17) is 16.3 Å². The van der Waals surface area contributed by atoms with Crippen molar-refractivity contribution in [2.75, 3.05) is 31.7 Å². The van der Waals surface area contributed by atoms with E-state index in [1.807, 2.05) is 20.9 Å². The number of aromatic nitrogens is 2. The molecule has 108 valence electrons. The Morgan fingerprint density at radius 2 is 1.89 bits per heavy atom. The van der Waals surface area contributed by atoms with Crippen molar-refractivity contribution in [1.29, 1.82) is 0 Å². The fourth-order valence-electron chi connectivity index (χ4n) is 1.64. The average molecular weight is 286 g/mol. The molecule has 0 aliphatic heterocycles. The Morgan fingerprint density at radius 3 is 2.42 bits per heavy atom. The van der Waals surface area contributed by atoms with Gasteiger partial charge >= 0.3 is 0 Å². The van der Waals surface area contributed by atoms with Crippen molar-refractivity contribution >= 4 is 17.4 Å². The number of anilines is 1. The molecule has 1 rings (SSSR count). The largest absolute Gasteiger partial charge is 0.380 e. The molecule has 0 saturated heterocycles. The van der Waals surface area contributed by atoms with E-state index in [1.165, 1.54) is 0 Å². The summed E-state index contributed by atoms with van der Waals surface area (Å²) in [5, 5.41) is 0.526. The molecule has 0 bridgehead atoms. The lowest BCUT2D eigenvalue weighted by molar-refractivity contribution is 0.154. The van der Waals surface area contributed by atoms with E-state index in [1.54, 1.807) is 0 Å². The van der Waals surface area contributed by atoms with Crippen molar-refractivity contribution in [3.8, 4) is 0 Å². The summed E-state index contributed by atoms with van der Waals surface area (Å²) in [6.07, 6.45) is 0. The number of hydrogen-bond donors (Lipinski definition) is 0. The molecular formula is C14H24ClN3O. The molecule has 5 heteroatoms. The van der Waals surface area contributed by atoms with Crippen LogP contribution >= 0.6 is 11.6 Å². The lowest BCUT2D eigenvalue weighted by atomic mass is 9.95. The SMILES string of the molecule is CCOCCN(C)c1nc(C(C)(C)C)nc(Cl)c1C. The van der Waals surface area contributed by atoms with E-state index in [9.17, 15) is 0 Å². The molecule has 0 aliphatic carbocycles. The highest BCUT2D eigenvalue weighted by atomic mass is 35.5. The highest BCUT2D eigenvalue weighted by molar-refractivity contribution is 6.30. The smallest absolute Gasteiger partial charge is 0.137 e. The van der Waals surface area contributed by atoms with Gasteiger partial charge < -0.3 is 9.64 Å². The maximum absolute atomic E-state index is 6.22. The van der Waals surface area contributed by atoms with Gasteiger partial charge in [0.25, 0.3) is 0 Å². The molecule has 0 fully saturated rings. The van der Waals surface area contributed by atoms with Gasteiger partial charge in [-0.05, 0) is 13.8 Å². The minimum Gasteiger partial charge on any atom is -0.380 e. The van der Waals surface area contributed by atoms with Gasteiger partial charge in [-0.2, -0.15) is 0 Å². The van der Waals surface area contributed by atoms with Crippen LogP contribution in [-0.2, 0) is 10.2 Å². The molecule has 1 heterocycles. The van der Waals surface area contributed by atoms with Crippen LogP contribution in [0.5, 0.6) is 0 Å². The third kappa shape index (κ3) is 4.32. The average Bonchev–Trinajstić information content (AvgIpc) is 2.31. The number of nitrogens with zero attached hydrogens (tertiary/aromatic N) is 3. The van der Waals surface area contributed by atoms with Gasteiger partial charge in [-0.25, -0.2) is 9.97 Å². The van der Waals surface area contributed by atoms with Crippen molar-refractivity contribution in [2.45, 2.75) is 40.0 Å². The minimum atomic E-state index is -0.118. The van der Waals surface area contributed by atoms with Gasteiger partial charge in [-0.3, -0.25) is 0 Å². The summed E-state index contributed by atoms with van der Waals surface area (Å²) in [5.74, 6) is 1.64.